The topological polar surface area (TPSA) is 39.2 Å². The highest BCUT2D eigenvalue weighted by Crippen LogP contribution is 2.22. The number of benzene rings is 1. The van der Waals surface area contributed by atoms with Gasteiger partial charge >= 0.3 is 5.97 Å². The summed E-state index contributed by atoms with van der Waals surface area (Å²) in [5.74, 6) is -0.316. The van der Waals surface area contributed by atoms with Crippen LogP contribution in [0.1, 0.15) is 43.2 Å². The van der Waals surface area contributed by atoms with Gasteiger partial charge in [-0.25, -0.2) is 4.79 Å². The van der Waals surface area contributed by atoms with Gasteiger partial charge < -0.3 is 4.74 Å². The van der Waals surface area contributed by atoms with Crippen LogP contribution >= 0.6 is 0 Å². The van der Waals surface area contributed by atoms with Crippen LogP contribution < -0.4 is 0 Å². The summed E-state index contributed by atoms with van der Waals surface area (Å²) in [4.78, 5) is 16.1. The lowest BCUT2D eigenvalue weighted by atomic mass is 9.90. The summed E-state index contributed by atoms with van der Waals surface area (Å²) >= 11 is 0. The van der Waals surface area contributed by atoms with Crippen molar-refractivity contribution in [3.05, 3.63) is 41.6 Å². The number of hydrogen-bond donors (Lipinski definition) is 0. The molecule has 20 heavy (non-hydrogen) atoms. The number of carbonyl (C=O) groups excluding carboxylic acids is 1. The summed E-state index contributed by atoms with van der Waals surface area (Å²) in [5.41, 5.74) is 2.89. The van der Waals surface area contributed by atoms with Crippen LogP contribution in [0.5, 0.6) is 0 Å². The second-order valence-corrected chi connectivity index (χ2v) is 6.26. The number of hydrogen-bond acceptors (Lipinski definition) is 3. The molecule has 3 nitrogen and oxygen atoms in total. The van der Waals surface area contributed by atoms with Gasteiger partial charge in [-0.05, 0) is 42.5 Å². The maximum Gasteiger partial charge on any atom is 0.337 e. The Morgan fingerprint density at radius 2 is 1.95 bits per heavy atom. The van der Waals surface area contributed by atoms with Gasteiger partial charge in [0.05, 0.1) is 18.2 Å². The molecule has 1 aromatic heterocycles. The first-order valence-corrected chi connectivity index (χ1v) is 6.87. The standard InChI is InChI=1S/C17H21NO2/c1-17(2,3)10-9-14-7-5-12-11-13(16(19)20-4)6-8-15(12)18-14/h5-8,11H,9-10H2,1-4H3. The molecule has 0 bridgehead atoms. The number of ether oxygens (including phenoxy) is 1. The lowest BCUT2D eigenvalue weighted by molar-refractivity contribution is 0.0601. The molecule has 1 heterocycles. The first-order valence-electron chi connectivity index (χ1n) is 6.87. The van der Waals surface area contributed by atoms with E-state index >= 15 is 0 Å². The van der Waals surface area contributed by atoms with Crippen molar-refractivity contribution in [1.29, 1.82) is 0 Å². The Morgan fingerprint density at radius 3 is 2.60 bits per heavy atom. The highest BCUT2D eigenvalue weighted by molar-refractivity contribution is 5.94. The van der Waals surface area contributed by atoms with E-state index in [4.69, 9.17) is 4.74 Å². The molecule has 0 N–H and O–H groups in total. The zero-order chi connectivity index (χ0) is 14.8. The highest BCUT2D eigenvalue weighted by atomic mass is 16.5. The van der Waals surface area contributed by atoms with Crippen molar-refractivity contribution in [2.75, 3.05) is 7.11 Å². The third-order valence-electron chi connectivity index (χ3n) is 3.30. The second-order valence-electron chi connectivity index (χ2n) is 6.26. The van der Waals surface area contributed by atoms with Crippen LogP contribution in [-0.2, 0) is 11.2 Å². The summed E-state index contributed by atoms with van der Waals surface area (Å²) in [5, 5.41) is 0.965. The lowest BCUT2D eigenvalue weighted by Crippen LogP contribution is -2.07. The highest BCUT2D eigenvalue weighted by Gasteiger charge is 2.11. The molecule has 0 fully saturated rings. The van der Waals surface area contributed by atoms with Crippen LogP contribution in [0.15, 0.2) is 30.3 Å². The minimum Gasteiger partial charge on any atom is -0.465 e. The van der Waals surface area contributed by atoms with Gasteiger partial charge in [0, 0.05) is 11.1 Å². The Bertz CT molecular complexity index is 626. The number of pyridine rings is 1. The Hall–Kier alpha value is -1.90. The number of esters is 1. The fourth-order valence-electron chi connectivity index (χ4n) is 2.05. The number of fused-ring (bicyclic) bond motifs is 1. The van der Waals surface area contributed by atoms with Crippen molar-refractivity contribution >= 4 is 16.9 Å². The molecule has 0 unspecified atom stereocenters. The van der Waals surface area contributed by atoms with E-state index in [0.29, 0.717) is 11.0 Å². The first kappa shape index (κ1) is 14.5. The Kier molecular flexibility index (Phi) is 4.07. The smallest absolute Gasteiger partial charge is 0.337 e. The van der Waals surface area contributed by atoms with Crippen molar-refractivity contribution in [1.82, 2.24) is 4.98 Å². The van der Waals surface area contributed by atoms with E-state index in [0.717, 1.165) is 29.4 Å². The Labute approximate surface area is 120 Å². The maximum absolute atomic E-state index is 11.5. The molecule has 0 amide bonds. The largest absolute Gasteiger partial charge is 0.465 e. The monoisotopic (exact) mass is 271 g/mol. The maximum atomic E-state index is 11.5. The van der Waals surface area contributed by atoms with Crippen molar-refractivity contribution < 1.29 is 9.53 Å². The van der Waals surface area contributed by atoms with E-state index in [1.54, 1.807) is 6.07 Å². The van der Waals surface area contributed by atoms with Gasteiger partial charge in [-0.1, -0.05) is 26.8 Å². The van der Waals surface area contributed by atoms with Crippen molar-refractivity contribution in [3.8, 4) is 0 Å². The number of nitrogens with zero attached hydrogens (tertiary/aromatic N) is 1. The van der Waals surface area contributed by atoms with E-state index < -0.39 is 0 Å². The van der Waals surface area contributed by atoms with Crippen LogP contribution in [0.3, 0.4) is 0 Å². The van der Waals surface area contributed by atoms with Gasteiger partial charge in [0.25, 0.3) is 0 Å². The van der Waals surface area contributed by atoms with Gasteiger partial charge in [0.1, 0.15) is 0 Å². The zero-order valence-corrected chi connectivity index (χ0v) is 12.6. The molecule has 0 saturated carbocycles. The summed E-state index contributed by atoms with van der Waals surface area (Å²) < 4.78 is 4.73. The zero-order valence-electron chi connectivity index (χ0n) is 12.6. The fourth-order valence-corrected chi connectivity index (χ4v) is 2.05. The molecular formula is C17H21NO2. The number of aromatic nitrogens is 1. The molecule has 0 aliphatic rings. The number of methoxy groups -OCH3 is 1. The quantitative estimate of drug-likeness (QED) is 0.792. The molecule has 2 rings (SSSR count). The molecule has 0 radical (unpaired) electrons. The average molecular weight is 271 g/mol. The predicted octanol–water partition coefficient (Wildman–Crippen LogP) is 4.00. The average Bonchev–Trinajstić information content (AvgIpc) is 2.42. The molecule has 0 aliphatic heterocycles. The molecule has 106 valence electrons. The summed E-state index contributed by atoms with van der Waals surface area (Å²) in [6.45, 7) is 6.70. The van der Waals surface area contributed by atoms with Crippen molar-refractivity contribution in [3.63, 3.8) is 0 Å². The summed E-state index contributed by atoms with van der Waals surface area (Å²) in [6.07, 6.45) is 2.07. The van der Waals surface area contributed by atoms with Gasteiger partial charge in [0.2, 0.25) is 0 Å². The number of carbonyl (C=O) groups is 1. The number of aryl methyl sites for hydroxylation is 1. The molecule has 1 aromatic carbocycles. The fraction of sp³-hybridized carbons (Fsp3) is 0.412. The Morgan fingerprint density at radius 1 is 1.20 bits per heavy atom. The van der Waals surface area contributed by atoms with Gasteiger partial charge in [0.15, 0.2) is 0 Å². The lowest BCUT2D eigenvalue weighted by Gasteiger charge is -2.17. The van der Waals surface area contributed by atoms with E-state index in [1.807, 2.05) is 24.3 Å². The third kappa shape index (κ3) is 3.56. The van der Waals surface area contributed by atoms with Gasteiger partial charge in [-0.3, -0.25) is 4.98 Å². The normalized spacial score (nSPS) is 11.6. The van der Waals surface area contributed by atoms with Crippen molar-refractivity contribution in [2.45, 2.75) is 33.6 Å². The first-order chi connectivity index (χ1) is 9.39. The van der Waals surface area contributed by atoms with E-state index in [-0.39, 0.29) is 5.97 Å². The molecule has 2 aromatic rings. The molecule has 3 heteroatoms. The minimum atomic E-state index is -0.316. The Balaban J connectivity index is 2.25. The third-order valence-corrected chi connectivity index (χ3v) is 3.30. The van der Waals surface area contributed by atoms with Crippen LogP contribution in [0.2, 0.25) is 0 Å². The molecule has 0 saturated heterocycles. The van der Waals surface area contributed by atoms with E-state index in [1.165, 1.54) is 7.11 Å². The van der Waals surface area contributed by atoms with Gasteiger partial charge in [-0.2, -0.15) is 0 Å². The van der Waals surface area contributed by atoms with Crippen LogP contribution in [-0.4, -0.2) is 18.1 Å². The molecule has 0 spiro atoms. The molecule has 0 aliphatic carbocycles. The van der Waals surface area contributed by atoms with Crippen LogP contribution in [0, 0.1) is 5.41 Å². The second kappa shape index (κ2) is 5.61. The SMILES string of the molecule is COC(=O)c1ccc2nc(CCC(C)(C)C)ccc2c1. The predicted molar refractivity (Wildman–Crippen MR) is 80.9 cm³/mol. The molecular weight excluding hydrogens is 250 g/mol. The molecule has 0 atom stereocenters. The van der Waals surface area contributed by atoms with Crippen LogP contribution in [0.25, 0.3) is 10.9 Å². The van der Waals surface area contributed by atoms with Crippen LogP contribution in [0.4, 0.5) is 0 Å². The van der Waals surface area contributed by atoms with E-state index in [2.05, 4.69) is 25.8 Å². The summed E-state index contributed by atoms with van der Waals surface area (Å²) in [6, 6.07) is 9.51. The summed E-state index contributed by atoms with van der Waals surface area (Å²) in [7, 11) is 1.39. The van der Waals surface area contributed by atoms with Crippen molar-refractivity contribution in [2.24, 2.45) is 5.41 Å². The number of rotatable bonds is 3. The minimum absolute atomic E-state index is 0.311. The van der Waals surface area contributed by atoms with Gasteiger partial charge in [-0.15, -0.1) is 0 Å². The van der Waals surface area contributed by atoms with E-state index in [9.17, 15) is 4.79 Å².